The third-order valence-corrected chi connectivity index (χ3v) is 4.83. The highest BCUT2D eigenvalue weighted by atomic mass is 32.2. The Hall–Kier alpha value is -1.11. The number of hydrogen-bond donors (Lipinski definition) is 0. The molecule has 0 atom stereocenters. The number of sulfonamides is 1. The van der Waals surface area contributed by atoms with Gasteiger partial charge in [-0.1, -0.05) is 17.7 Å². The predicted octanol–water partition coefficient (Wildman–Crippen LogP) is 1.04. The minimum absolute atomic E-state index is 0.000869. The van der Waals surface area contributed by atoms with E-state index in [0.29, 0.717) is 32.1 Å². The largest absolute Gasteiger partial charge is 0.492 e. The highest BCUT2D eigenvalue weighted by Gasteiger charge is 2.23. The molecule has 0 spiro atoms. The summed E-state index contributed by atoms with van der Waals surface area (Å²) in [5.74, 6) is 0.698. The van der Waals surface area contributed by atoms with Gasteiger partial charge < -0.3 is 9.47 Å². The molecule has 106 valence electrons. The Morgan fingerprint density at radius 2 is 1.84 bits per heavy atom. The van der Waals surface area contributed by atoms with Crippen LogP contribution in [0.1, 0.15) is 5.56 Å². The maximum Gasteiger partial charge on any atom is 0.217 e. The van der Waals surface area contributed by atoms with Crippen LogP contribution in [0.2, 0.25) is 0 Å². The quantitative estimate of drug-likeness (QED) is 0.811. The SMILES string of the molecule is Cc1ccc(OCCS(=O)(=O)N2CCOCC2)cc1. The molecule has 0 aliphatic carbocycles. The van der Waals surface area contributed by atoms with Crippen molar-refractivity contribution in [2.45, 2.75) is 6.92 Å². The molecule has 1 heterocycles. The van der Waals surface area contributed by atoms with E-state index in [1.165, 1.54) is 4.31 Å². The molecule has 0 unspecified atom stereocenters. The summed E-state index contributed by atoms with van der Waals surface area (Å²) in [7, 11) is -3.23. The van der Waals surface area contributed by atoms with Crippen molar-refractivity contribution in [1.82, 2.24) is 4.31 Å². The lowest BCUT2D eigenvalue weighted by atomic mass is 10.2. The maximum atomic E-state index is 12.0. The molecule has 19 heavy (non-hydrogen) atoms. The van der Waals surface area contributed by atoms with E-state index in [0.717, 1.165) is 5.56 Å². The summed E-state index contributed by atoms with van der Waals surface area (Å²) in [5.41, 5.74) is 1.15. The van der Waals surface area contributed by atoms with Gasteiger partial charge in [0.25, 0.3) is 0 Å². The van der Waals surface area contributed by atoms with Gasteiger partial charge in [-0.3, -0.25) is 0 Å². The third kappa shape index (κ3) is 4.19. The van der Waals surface area contributed by atoms with Gasteiger partial charge in [-0.2, -0.15) is 4.31 Å². The standard InChI is InChI=1S/C13H19NO4S/c1-12-2-4-13(5-3-12)18-10-11-19(15,16)14-6-8-17-9-7-14/h2-5H,6-11H2,1H3. The van der Waals surface area contributed by atoms with Gasteiger partial charge in [0.2, 0.25) is 10.0 Å². The van der Waals surface area contributed by atoms with E-state index < -0.39 is 10.0 Å². The Labute approximate surface area is 114 Å². The molecular formula is C13H19NO4S. The van der Waals surface area contributed by atoms with Crippen molar-refractivity contribution in [3.8, 4) is 5.75 Å². The van der Waals surface area contributed by atoms with Gasteiger partial charge >= 0.3 is 0 Å². The van der Waals surface area contributed by atoms with E-state index >= 15 is 0 Å². The number of rotatable bonds is 5. The smallest absolute Gasteiger partial charge is 0.217 e. The lowest BCUT2D eigenvalue weighted by Gasteiger charge is -2.25. The van der Waals surface area contributed by atoms with Crippen LogP contribution in [-0.4, -0.2) is 51.4 Å². The van der Waals surface area contributed by atoms with Crippen molar-refractivity contribution in [2.24, 2.45) is 0 Å². The zero-order valence-electron chi connectivity index (χ0n) is 11.0. The first-order chi connectivity index (χ1) is 9.08. The normalized spacial score (nSPS) is 17.3. The molecule has 2 rings (SSSR count). The van der Waals surface area contributed by atoms with E-state index in [9.17, 15) is 8.42 Å². The van der Waals surface area contributed by atoms with Crippen molar-refractivity contribution in [3.05, 3.63) is 29.8 Å². The summed E-state index contributed by atoms with van der Waals surface area (Å²) >= 11 is 0. The Morgan fingerprint density at radius 1 is 1.21 bits per heavy atom. The molecule has 0 aromatic heterocycles. The fraction of sp³-hybridized carbons (Fsp3) is 0.538. The Bertz CT molecular complexity index is 492. The highest BCUT2D eigenvalue weighted by molar-refractivity contribution is 7.89. The van der Waals surface area contributed by atoms with Gasteiger partial charge in [-0.25, -0.2) is 8.42 Å². The molecule has 0 radical (unpaired) electrons. The van der Waals surface area contributed by atoms with Crippen LogP contribution >= 0.6 is 0 Å². The molecule has 1 fully saturated rings. The average Bonchev–Trinajstić information content (AvgIpc) is 2.42. The fourth-order valence-electron chi connectivity index (χ4n) is 1.85. The lowest BCUT2D eigenvalue weighted by Crippen LogP contribution is -2.42. The summed E-state index contributed by atoms with van der Waals surface area (Å²) in [4.78, 5) is 0. The minimum atomic E-state index is -3.23. The van der Waals surface area contributed by atoms with Crippen LogP contribution in [0.3, 0.4) is 0 Å². The maximum absolute atomic E-state index is 12.0. The lowest BCUT2D eigenvalue weighted by molar-refractivity contribution is 0.0729. The zero-order valence-corrected chi connectivity index (χ0v) is 11.9. The number of hydrogen-bond acceptors (Lipinski definition) is 4. The number of nitrogens with zero attached hydrogens (tertiary/aromatic N) is 1. The van der Waals surface area contributed by atoms with Crippen LogP contribution in [0.4, 0.5) is 0 Å². The average molecular weight is 285 g/mol. The van der Waals surface area contributed by atoms with Crippen molar-refractivity contribution in [3.63, 3.8) is 0 Å². The number of ether oxygens (including phenoxy) is 2. The molecule has 5 nitrogen and oxygen atoms in total. The Morgan fingerprint density at radius 3 is 2.47 bits per heavy atom. The van der Waals surface area contributed by atoms with E-state index in [2.05, 4.69) is 0 Å². The van der Waals surface area contributed by atoms with Crippen molar-refractivity contribution < 1.29 is 17.9 Å². The summed E-state index contributed by atoms with van der Waals surface area (Å²) in [6, 6.07) is 7.56. The zero-order chi connectivity index (χ0) is 13.7. The number of aryl methyl sites for hydroxylation is 1. The van der Waals surface area contributed by atoms with Gasteiger partial charge in [0.1, 0.15) is 12.4 Å². The molecule has 1 aromatic carbocycles. The van der Waals surface area contributed by atoms with E-state index in [4.69, 9.17) is 9.47 Å². The Balaban J connectivity index is 1.82. The van der Waals surface area contributed by atoms with Gasteiger partial charge in [-0.05, 0) is 19.1 Å². The fourth-order valence-corrected chi connectivity index (χ4v) is 3.11. The molecule has 1 aliphatic heterocycles. The molecule has 0 amide bonds. The molecule has 1 aromatic rings. The van der Waals surface area contributed by atoms with Gasteiger partial charge in [0.05, 0.1) is 19.0 Å². The minimum Gasteiger partial charge on any atom is -0.492 e. The van der Waals surface area contributed by atoms with E-state index in [1.54, 1.807) is 0 Å². The van der Waals surface area contributed by atoms with Gasteiger partial charge in [-0.15, -0.1) is 0 Å². The predicted molar refractivity (Wildman–Crippen MR) is 72.9 cm³/mol. The van der Waals surface area contributed by atoms with Crippen molar-refractivity contribution in [1.29, 1.82) is 0 Å². The molecule has 1 aliphatic rings. The summed E-state index contributed by atoms with van der Waals surface area (Å²) in [5, 5.41) is 0. The molecule has 0 N–H and O–H groups in total. The number of benzene rings is 1. The van der Waals surface area contributed by atoms with E-state index in [-0.39, 0.29) is 12.4 Å². The van der Waals surface area contributed by atoms with Crippen LogP contribution in [0.25, 0.3) is 0 Å². The second kappa shape index (κ2) is 6.36. The van der Waals surface area contributed by atoms with Crippen molar-refractivity contribution in [2.75, 3.05) is 38.7 Å². The first-order valence-electron chi connectivity index (χ1n) is 6.33. The molecule has 6 heteroatoms. The third-order valence-electron chi connectivity index (χ3n) is 2.99. The van der Waals surface area contributed by atoms with E-state index in [1.807, 2.05) is 31.2 Å². The van der Waals surface area contributed by atoms with Crippen molar-refractivity contribution >= 4 is 10.0 Å². The molecule has 0 bridgehead atoms. The molecular weight excluding hydrogens is 266 g/mol. The second-order valence-electron chi connectivity index (χ2n) is 4.49. The second-order valence-corrected chi connectivity index (χ2v) is 6.58. The highest BCUT2D eigenvalue weighted by Crippen LogP contribution is 2.12. The van der Waals surface area contributed by atoms with Gasteiger partial charge in [0.15, 0.2) is 0 Å². The van der Waals surface area contributed by atoms with Crippen LogP contribution < -0.4 is 4.74 Å². The monoisotopic (exact) mass is 285 g/mol. The summed E-state index contributed by atoms with van der Waals surface area (Å²) < 4.78 is 36.1. The van der Waals surface area contributed by atoms with Crippen LogP contribution in [-0.2, 0) is 14.8 Å². The first-order valence-corrected chi connectivity index (χ1v) is 7.94. The van der Waals surface area contributed by atoms with Crippen LogP contribution in [0.15, 0.2) is 24.3 Å². The van der Waals surface area contributed by atoms with Crippen LogP contribution in [0.5, 0.6) is 5.75 Å². The topological polar surface area (TPSA) is 55.8 Å². The van der Waals surface area contributed by atoms with Gasteiger partial charge in [0, 0.05) is 13.1 Å². The number of morpholine rings is 1. The summed E-state index contributed by atoms with van der Waals surface area (Å²) in [6.07, 6.45) is 0. The first kappa shape index (κ1) is 14.3. The summed E-state index contributed by atoms with van der Waals surface area (Å²) in [6.45, 7) is 3.98. The molecule has 1 saturated heterocycles. The molecule has 0 saturated carbocycles. The Kier molecular flexibility index (Phi) is 4.79. The van der Waals surface area contributed by atoms with Crippen LogP contribution in [0, 0.1) is 6.92 Å².